The summed E-state index contributed by atoms with van der Waals surface area (Å²) in [6.07, 6.45) is 1.69. The maximum atomic E-state index is 13.8. The molecule has 3 aliphatic carbocycles. The van der Waals surface area contributed by atoms with Crippen molar-refractivity contribution in [2.45, 2.75) is 102 Å². The second-order valence-electron chi connectivity index (χ2n) is 14.5. The smallest absolute Gasteiger partial charge is 0.404 e. The molecule has 2 bridgehead atoms. The molecule has 3 saturated carbocycles. The number of likely N-dealkylation sites (tertiary alicyclic amines) is 1. The Kier molecular flexibility index (Phi) is 9.06. The molecule has 2 saturated heterocycles. The highest BCUT2D eigenvalue weighted by Crippen LogP contribution is 2.65. The molecule has 0 radical (unpaired) electrons. The van der Waals surface area contributed by atoms with Crippen LogP contribution in [0.5, 0.6) is 0 Å². The first-order valence-corrected chi connectivity index (χ1v) is 16.7. The van der Waals surface area contributed by atoms with E-state index in [1.165, 1.54) is 12.1 Å². The fraction of sp³-hybridized carbons (Fsp3) is 0.600. The molecule has 0 aromatic heterocycles. The molecule has 2 heterocycles. The summed E-state index contributed by atoms with van der Waals surface area (Å²) in [5, 5.41) is 3.23. The zero-order chi connectivity index (χ0) is 32.9. The first-order chi connectivity index (χ1) is 21.8. The van der Waals surface area contributed by atoms with E-state index >= 15 is 0 Å². The fourth-order valence-electron chi connectivity index (χ4n) is 8.44. The number of benzene rings is 2. The SMILES string of the molecule is CC1(C)[C@@H]2C[C@H]3OB([C@H](CCCCN)NC(=O)[C@@H]4CCCN4C(=O)c4cccc(Cc5ccc(C(F)(F)F)cc5)c4)O[C@@]3(C)[C@H]1C2. The Hall–Kier alpha value is -2.89. The molecular weight excluding hydrogens is 594 g/mol. The molecule has 0 unspecified atom stereocenters. The van der Waals surface area contributed by atoms with Gasteiger partial charge in [-0.05, 0) is 111 Å². The number of carbonyl (C=O) groups is 2. The van der Waals surface area contributed by atoms with Gasteiger partial charge in [-0.3, -0.25) is 9.59 Å². The predicted octanol–water partition coefficient (Wildman–Crippen LogP) is 5.78. The minimum Gasteiger partial charge on any atom is -0.404 e. The Morgan fingerprint density at radius 1 is 1.09 bits per heavy atom. The maximum absolute atomic E-state index is 13.8. The Morgan fingerprint density at radius 2 is 1.85 bits per heavy atom. The van der Waals surface area contributed by atoms with Crippen molar-refractivity contribution < 1.29 is 32.1 Å². The van der Waals surface area contributed by atoms with Crippen LogP contribution in [-0.2, 0) is 26.7 Å². The molecule has 5 fully saturated rings. The number of halogens is 3. The second-order valence-corrected chi connectivity index (χ2v) is 14.5. The molecular formula is C35H45BF3N3O4. The van der Waals surface area contributed by atoms with E-state index in [0.717, 1.165) is 43.4 Å². The highest BCUT2D eigenvalue weighted by Gasteiger charge is 2.68. The summed E-state index contributed by atoms with van der Waals surface area (Å²) in [7, 11) is -0.556. The van der Waals surface area contributed by atoms with Crippen LogP contribution in [0.25, 0.3) is 0 Å². The van der Waals surface area contributed by atoms with E-state index in [1.807, 2.05) is 6.07 Å². The molecule has 5 aliphatic rings. The van der Waals surface area contributed by atoms with Crippen LogP contribution in [0.15, 0.2) is 48.5 Å². The first kappa shape index (κ1) is 33.0. The molecule has 2 aromatic rings. The molecule has 6 atom stereocenters. The minimum atomic E-state index is -4.39. The Morgan fingerprint density at radius 3 is 2.54 bits per heavy atom. The van der Waals surface area contributed by atoms with E-state index in [1.54, 1.807) is 23.1 Å². The van der Waals surface area contributed by atoms with Crippen molar-refractivity contribution in [3.8, 4) is 0 Å². The van der Waals surface area contributed by atoms with Crippen LogP contribution in [0, 0.1) is 17.3 Å². The summed E-state index contributed by atoms with van der Waals surface area (Å²) in [4.78, 5) is 29.2. The maximum Gasteiger partial charge on any atom is 0.481 e. The third-order valence-corrected chi connectivity index (χ3v) is 11.3. The van der Waals surface area contributed by atoms with E-state index in [4.69, 9.17) is 15.0 Å². The summed E-state index contributed by atoms with van der Waals surface area (Å²) in [6.45, 7) is 7.84. The van der Waals surface area contributed by atoms with E-state index < -0.39 is 24.9 Å². The van der Waals surface area contributed by atoms with Gasteiger partial charge in [0.05, 0.1) is 23.2 Å². The zero-order valence-corrected chi connectivity index (χ0v) is 26.9. The summed E-state index contributed by atoms with van der Waals surface area (Å²) in [5.41, 5.74) is 6.87. The molecule has 46 heavy (non-hydrogen) atoms. The lowest BCUT2D eigenvalue weighted by atomic mass is 9.43. The fourth-order valence-corrected chi connectivity index (χ4v) is 8.44. The highest BCUT2D eigenvalue weighted by molar-refractivity contribution is 6.47. The topological polar surface area (TPSA) is 93.9 Å². The molecule has 0 spiro atoms. The molecule has 7 nitrogen and oxygen atoms in total. The third kappa shape index (κ3) is 6.22. The van der Waals surface area contributed by atoms with Gasteiger partial charge in [-0.2, -0.15) is 13.2 Å². The molecule has 11 heteroatoms. The number of nitrogens with zero attached hydrogens (tertiary/aromatic N) is 1. The molecule has 2 aliphatic heterocycles. The van der Waals surface area contributed by atoms with E-state index in [-0.39, 0.29) is 34.9 Å². The van der Waals surface area contributed by atoms with Crippen molar-refractivity contribution in [3.63, 3.8) is 0 Å². The zero-order valence-electron chi connectivity index (χ0n) is 26.9. The first-order valence-electron chi connectivity index (χ1n) is 16.7. The Bertz CT molecular complexity index is 1440. The Labute approximate surface area is 269 Å². The number of hydrogen-bond acceptors (Lipinski definition) is 5. The third-order valence-electron chi connectivity index (χ3n) is 11.3. The van der Waals surface area contributed by atoms with Gasteiger partial charge in [0.1, 0.15) is 6.04 Å². The van der Waals surface area contributed by atoms with Gasteiger partial charge in [0, 0.05) is 12.1 Å². The van der Waals surface area contributed by atoms with E-state index in [2.05, 4.69) is 26.1 Å². The van der Waals surface area contributed by atoms with Gasteiger partial charge >= 0.3 is 13.3 Å². The number of unbranched alkanes of at least 4 members (excludes halogenated alkanes) is 1. The average Bonchev–Trinajstić information content (AvgIpc) is 3.65. The number of hydrogen-bond donors (Lipinski definition) is 2. The van der Waals surface area contributed by atoms with E-state index in [9.17, 15) is 22.8 Å². The number of amides is 2. The number of nitrogens with two attached hydrogens (primary N) is 1. The van der Waals surface area contributed by atoms with Crippen LogP contribution in [0.3, 0.4) is 0 Å². The average molecular weight is 640 g/mol. The number of alkyl halides is 3. The van der Waals surface area contributed by atoms with Crippen molar-refractivity contribution in [2.75, 3.05) is 13.1 Å². The summed E-state index contributed by atoms with van der Waals surface area (Å²) >= 11 is 0. The van der Waals surface area contributed by atoms with Gasteiger partial charge in [-0.1, -0.05) is 44.5 Å². The largest absolute Gasteiger partial charge is 0.481 e. The molecule has 2 aromatic carbocycles. The van der Waals surface area contributed by atoms with Gasteiger partial charge < -0.3 is 25.3 Å². The quantitative estimate of drug-likeness (QED) is 0.254. The molecule has 7 rings (SSSR count). The lowest BCUT2D eigenvalue weighted by molar-refractivity contribution is -0.199. The monoisotopic (exact) mass is 639 g/mol. The summed E-state index contributed by atoms with van der Waals surface area (Å²) < 4.78 is 52.2. The molecule has 2 amide bonds. The van der Waals surface area contributed by atoms with Crippen molar-refractivity contribution in [1.29, 1.82) is 0 Å². The van der Waals surface area contributed by atoms with Gasteiger partial charge in [0.15, 0.2) is 0 Å². The van der Waals surface area contributed by atoms with Gasteiger partial charge in [-0.15, -0.1) is 0 Å². The minimum absolute atomic E-state index is 0.00240. The van der Waals surface area contributed by atoms with Crippen molar-refractivity contribution in [3.05, 3.63) is 70.8 Å². The standard InChI is InChI=1S/C35H45BF3N3O4/c1-33(2)26-20-28(33)34(3)29(21-26)45-36(46-34)30(11-4-5-16-40)41-31(43)27-10-7-17-42(27)32(44)24-9-6-8-23(19-24)18-22-12-14-25(15-13-22)35(37,38)39/h6,8-9,12-15,19,26-30H,4-5,7,10-11,16-18,20-21,40H2,1-3H3,(H,41,43)/t26-,27-,28-,29+,30-,34-/m0/s1. The Balaban J connectivity index is 1.13. The van der Waals surface area contributed by atoms with Crippen LogP contribution in [-0.4, -0.2) is 60.6 Å². The van der Waals surface area contributed by atoms with Gasteiger partial charge in [0.25, 0.3) is 5.91 Å². The number of rotatable bonds is 10. The second kappa shape index (κ2) is 12.6. The predicted molar refractivity (Wildman–Crippen MR) is 170 cm³/mol. The summed E-state index contributed by atoms with van der Waals surface area (Å²) in [6, 6.07) is 11.5. The van der Waals surface area contributed by atoms with Crippen LogP contribution < -0.4 is 11.1 Å². The number of carbonyl (C=O) groups excluding carboxylic acids is 2. The van der Waals surface area contributed by atoms with Gasteiger partial charge in [0.2, 0.25) is 5.91 Å². The lowest BCUT2D eigenvalue weighted by Gasteiger charge is -2.64. The normalized spacial score (nSPS) is 28.8. The lowest BCUT2D eigenvalue weighted by Crippen LogP contribution is -2.65. The van der Waals surface area contributed by atoms with Crippen LogP contribution in [0.4, 0.5) is 13.2 Å². The summed E-state index contributed by atoms with van der Waals surface area (Å²) in [5.74, 6) is 0.232. The van der Waals surface area contributed by atoms with Crippen LogP contribution in [0.1, 0.15) is 92.8 Å². The van der Waals surface area contributed by atoms with Gasteiger partial charge in [-0.25, -0.2) is 0 Å². The van der Waals surface area contributed by atoms with Crippen molar-refractivity contribution in [1.82, 2.24) is 10.2 Å². The van der Waals surface area contributed by atoms with E-state index in [0.29, 0.717) is 61.7 Å². The van der Waals surface area contributed by atoms with Crippen molar-refractivity contribution in [2.24, 2.45) is 23.0 Å². The van der Waals surface area contributed by atoms with Crippen molar-refractivity contribution >= 4 is 18.9 Å². The van der Waals surface area contributed by atoms with Crippen LogP contribution >= 0.6 is 0 Å². The highest BCUT2D eigenvalue weighted by atomic mass is 19.4. The van der Waals surface area contributed by atoms with Crippen LogP contribution in [0.2, 0.25) is 0 Å². The molecule has 3 N–H and O–H groups in total. The number of nitrogens with one attached hydrogen (secondary N) is 1. The molecule has 248 valence electrons.